The van der Waals surface area contributed by atoms with E-state index in [9.17, 15) is 13.2 Å². The predicted octanol–water partition coefficient (Wildman–Crippen LogP) is 1.94. The molecular formula is C12H11NO4S. The molecule has 18 heavy (non-hydrogen) atoms. The van der Waals surface area contributed by atoms with E-state index in [2.05, 4.69) is 5.32 Å². The summed E-state index contributed by atoms with van der Waals surface area (Å²) in [6, 6.07) is 7.60. The van der Waals surface area contributed by atoms with E-state index in [1.165, 1.54) is 30.7 Å². The van der Waals surface area contributed by atoms with Crippen molar-refractivity contribution in [3.05, 3.63) is 48.4 Å². The zero-order valence-electron chi connectivity index (χ0n) is 9.58. The minimum Gasteiger partial charge on any atom is -0.472 e. The van der Waals surface area contributed by atoms with Crippen molar-refractivity contribution >= 4 is 21.4 Å². The average molecular weight is 265 g/mol. The van der Waals surface area contributed by atoms with Crippen LogP contribution in [0.1, 0.15) is 10.4 Å². The topological polar surface area (TPSA) is 76.4 Å². The summed E-state index contributed by atoms with van der Waals surface area (Å²) in [5.74, 6) is -0.352. The molecule has 0 spiro atoms. The molecule has 0 saturated carbocycles. The highest BCUT2D eigenvalue weighted by Gasteiger charge is 2.10. The van der Waals surface area contributed by atoms with Crippen LogP contribution in [0.5, 0.6) is 0 Å². The van der Waals surface area contributed by atoms with Crippen molar-refractivity contribution in [1.82, 2.24) is 0 Å². The zero-order valence-corrected chi connectivity index (χ0v) is 10.4. The number of hydrogen-bond acceptors (Lipinski definition) is 4. The molecule has 0 saturated heterocycles. The Balaban J connectivity index is 2.23. The number of benzene rings is 1. The maximum atomic E-state index is 11.7. The van der Waals surface area contributed by atoms with Gasteiger partial charge in [0.1, 0.15) is 6.26 Å². The van der Waals surface area contributed by atoms with Crippen molar-refractivity contribution in [3.63, 3.8) is 0 Å². The van der Waals surface area contributed by atoms with Crippen LogP contribution in [0.2, 0.25) is 0 Å². The third-order valence-electron chi connectivity index (χ3n) is 2.30. The van der Waals surface area contributed by atoms with Crippen LogP contribution < -0.4 is 5.32 Å². The van der Waals surface area contributed by atoms with E-state index in [4.69, 9.17) is 4.42 Å². The predicted molar refractivity (Wildman–Crippen MR) is 66.2 cm³/mol. The second kappa shape index (κ2) is 4.66. The van der Waals surface area contributed by atoms with Gasteiger partial charge < -0.3 is 9.73 Å². The Morgan fingerprint density at radius 1 is 1.28 bits per heavy atom. The lowest BCUT2D eigenvalue weighted by Gasteiger charge is -2.05. The van der Waals surface area contributed by atoms with Crippen LogP contribution in [0.15, 0.2) is 52.2 Å². The van der Waals surface area contributed by atoms with E-state index in [0.717, 1.165) is 6.26 Å². The largest absolute Gasteiger partial charge is 0.472 e. The summed E-state index contributed by atoms with van der Waals surface area (Å²) in [4.78, 5) is 11.9. The monoisotopic (exact) mass is 265 g/mol. The quantitative estimate of drug-likeness (QED) is 0.920. The summed E-state index contributed by atoms with van der Waals surface area (Å²) < 4.78 is 27.5. The van der Waals surface area contributed by atoms with Gasteiger partial charge >= 0.3 is 0 Å². The Bertz CT molecular complexity index is 659. The van der Waals surface area contributed by atoms with Gasteiger partial charge in [0.2, 0.25) is 0 Å². The fourth-order valence-electron chi connectivity index (χ4n) is 1.40. The molecule has 1 N–H and O–H groups in total. The summed E-state index contributed by atoms with van der Waals surface area (Å²) in [5.41, 5.74) is 0.795. The third kappa shape index (κ3) is 2.78. The highest BCUT2D eigenvalue weighted by atomic mass is 32.2. The number of hydrogen-bond donors (Lipinski definition) is 1. The zero-order chi connectivity index (χ0) is 13.2. The van der Waals surface area contributed by atoms with Gasteiger partial charge in [-0.15, -0.1) is 0 Å². The minimum atomic E-state index is -3.28. The summed E-state index contributed by atoms with van der Waals surface area (Å²) >= 11 is 0. The van der Waals surface area contributed by atoms with Gasteiger partial charge in [-0.05, 0) is 24.3 Å². The first kappa shape index (κ1) is 12.4. The first-order chi connectivity index (χ1) is 8.47. The molecule has 0 aliphatic carbocycles. The second-order valence-corrected chi connectivity index (χ2v) is 5.78. The normalized spacial score (nSPS) is 11.2. The number of amides is 1. The maximum Gasteiger partial charge on any atom is 0.258 e. The molecule has 2 aromatic rings. The molecule has 0 aliphatic rings. The van der Waals surface area contributed by atoms with Gasteiger partial charge in [-0.3, -0.25) is 4.79 Å². The second-order valence-electron chi connectivity index (χ2n) is 3.77. The van der Waals surface area contributed by atoms with E-state index >= 15 is 0 Å². The fourth-order valence-corrected chi connectivity index (χ4v) is 2.07. The van der Waals surface area contributed by atoms with Gasteiger partial charge in [-0.1, -0.05) is 6.07 Å². The van der Waals surface area contributed by atoms with E-state index < -0.39 is 9.84 Å². The maximum absolute atomic E-state index is 11.7. The number of carbonyl (C=O) groups is 1. The third-order valence-corrected chi connectivity index (χ3v) is 3.41. The summed E-state index contributed by atoms with van der Waals surface area (Å²) in [7, 11) is -3.28. The molecule has 0 radical (unpaired) electrons. The van der Waals surface area contributed by atoms with Crippen molar-refractivity contribution in [1.29, 1.82) is 0 Å². The fraction of sp³-hybridized carbons (Fsp3) is 0.0833. The molecule has 6 heteroatoms. The molecule has 1 aromatic carbocycles. The van der Waals surface area contributed by atoms with Gasteiger partial charge in [0.15, 0.2) is 9.84 Å². The number of furan rings is 1. The number of anilines is 1. The molecule has 0 bridgehead atoms. The van der Waals surface area contributed by atoms with Crippen molar-refractivity contribution < 1.29 is 17.6 Å². The molecule has 0 unspecified atom stereocenters. The van der Waals surface area contributed by atoms with Gasteiger partial charge in [0, 0.05) is 11.9 Å². The molecule has 0 fully saturated rings. The molecule has 5 nitrogen and oxygen atoms in total. The molecule has 0 atom stereocenters. The van der Waals surface area contributed by atoms with Crippen molar-refractivity contribution in [2.24, 2.45) is 0 Å². The lowest BCUT2D eigenvalue weighted by atomic mass is 10.3. The van der Waals surface area contributed by atoms with Gasteiger partial charge in [0.05, 0.1) is 16.7 Å². The Morgan fingerprint density at radius 2 is 2.06 bits per heavy atom. The summed E-state index contributed by atoms with van der Waals surface area (Å²) in [6.07, 6.45) is 3.82. The number of carbonyl (C=O) groups excluding carboxylic acids is 1. The molecular weight excluding hydrogens is 254 g/mol. The Labute approximate surface area is 104 Å². The van der Waals surface area contributed by atoms with E-state index in [0.29, 0.717) is 11.3 Å². The molecule has 0 aliphatic heterocycles. The minimum absolute atomic E-state index is 0.160. The number of sulfone groups is 1. The van der Waals surface area contributed by atoms with Crippen LogP contribution in [-0.4, -0.2) is 20.6 Å². The van der Waals surface area contributed by atoms with Crippen molar-refractivity contribution in [3.8, 4) is 0 Å². The highest BCUT2D eigenvalue weighted by molar-refractivity contribution is 7.90. The van der Waals surface area contributed by atoms with Crippen LogP contribution in [0.4, 0.5) is 5.69 Å². The van der Waals surface area contributed by atoms with Gasteiger partial charge in [-0.2, -0.15) is 0 Å². The van der Waals surface area contributed by atoms with Gasteiger partial charge in [-0.25, -0.2) is 8.42 Å². The standard InChI is InChI=1S/C12H11NO4S/c1-18(15,16)11-4-2-3-10(7-11)13-12(14)9-5-6-17-8-9/h2-8H,1H3,(H,13,14). The first-order valence-electron chi connectivity index (χ1n) is 5.10. The highest BCUT2D eigenvalue weighted by Crippen LogP contribution is 2.16. The van der Waals surface area contributed by atoms with Crippen molar-refractivity contribution in [2.45, 2.75) is 4.90 Å². The van der Waals surface area contributed by atoms with Crippen LogP contribution in [0, 0.1) is 0 Å². The Morgan fingerprint density at radius 3 is 2.67 bits per heavy atom. The lowest BCUT2D eigenvalue weighted by Crippen LogP contribution is -2.11. The first-order valence-corrected chi connectivity index (χ1v) is 6.99. The molecule has 94 valence electrons. The Kier molecular flexibility index (Phi) is 3.20. The summed E-state index contributed by atoms with van der Waals surface area (Å²) in [5, 5.41) is 2.59. The smallest absolute Gasteiger partial charge is 0.258 e. The van der Waals surface area contributed by atoms with E-state index in [-0.39, 0.29) is 10.8 Å². The summed E-state index contributed by atoms with van der Waals surface area (Å²) in [6.45, 7) is 0. The average Bonchev–Trinajstić information content (AvgIpc) is 2.81. The number of rotatable bonds is 3. The van der Waals surface area contributed by atoms with Crippen LogP contribution in [0.25, 0.3) is 0 Å². The molecule has 1 amide bonds. The molecule has 1 aromatic heterocycles. The number of nitrogens with one attached hydrogen (secondary N) is 1. The lowest BCUT2D eigenvalue weighted by molar-refractivity contribution is 0.102. The van der Waals surface area contributed by atoms with Crippen LogP contribution in [0.3, 0.4) is 0 Å². The van der Waals surface area contributed by atoms with Crippen LogP contribution in [-0.2, 0) is 9.84 Å². The SMILES string of the molecule is CS(=O)(=O)c1cccc(NC(=O)c2ccoc2)c1. The molecule has 1 heterocycles. The van der Waals surface area contributed by atoms with E-state index in [1.807, 2.05) is 0 Å². The van der Waals surface area contributed by atoms with Crippen LogP contribution >= 0.6 is 0 Å². The van der Waals surface area contributed by atoms with E-state index in [1.54, 1.807) is 12.1 Å². The van der Waals surface area contributed by atoms with Gasteiger partial charge in [0.25, 0.3) is 5.91 Å². The molecule has 2 rings (SSSR count). The van der Waals surface area contributed by atoms with Crippen molar-refractivity contribution in [2.75, 3.05) is 11.6 Å². The Hall–Kier alpha value is -2.08.